The van der Waals surface area contributed by atoms with Crippen molar-refractivity contribution >= 4 is 17.4 Å². The highest BCUT2D eigenvalue weighted by Crippen LogP contribution is 2.22. The normalized spacial score (nSPS) is 14.9. The van der Waals surface area contributed by atoms with Gasteiger partial charge in [0.15, 0.2) is 29.0 Å². The number of hydrogen-bond donors (Lipinski definition) is 1. The van der Waals surface area contributed by atoms with Crippen LogP contribution in [0.25, 0.3) is 0 Å². The number of likely N-dealkylation sites (tertiary alicyclic amines) is 1. The Morgan fingerprint density at radius 2 is 1.64 bits per heavy atom. The van der Waals surface area contributed by atoms with Crippen LogP contribution in [0, 0.1) is 17.5 Å². The summed E-state index contributed by atoms with van der Waals surface area (Å²) < 4.78 is 39.8. The summed E-state index contributed by atoms with van der Waals surface area (Å²) in [5.74, 6) is -4.25. The molecule has 0 aliphatic carbocycles. The molecule has 0 atom stereocenters. The van der Waals surface area contributed by atoms with Gasteiger partial charge in [0, 0.05) is 13.1 Å². The van der Waals surface area contributed by atoms with E-state index in [9.17, 15) is 18.0 Å². The second kappa shape index (κ2) is 7.50. The molecule has 0 bridgehead atoms. The Bertz CT molecular complexity index is 759. The SMILES string of the molecule is O=C(c1ccc(Nc2ccc(F)c(F)c2F)nn1)N1CCCCCC1. The number of carbonyl (C=O) groups is 1. The summed E-state index contributed by atoms with van der Waals surface area (Å²) >= 11 is 0. The van der Waals surface area contributed by atoms with E-state index in [0.717, 1.165) is 37.8 Å². The van der Waals surface area contributed by atoms with E-state index < -0.39 is 17.5 Å². The number of aromatic nitrogens is 2. The van der Waals surface area contributed by atoms with Gasteiger partial charge in [-0.05, 0) is 37.1 Å². The van der Waals surface area contributed by atoms with Crippen LogP contribution in [-0.4, -0.2) is 34.1 Å². The molecule has 1 saturated heterocycles. The van der Waals surface area contributed by atoms with Crippen molar-refractivity contribution in [1.82, 2.24) is 15.1 Å². The van der Waals surface area contributed by atoms with Gasteiger partial charge in [-0.1, -0.05) is 12.8 Å². The molecule has 1 fully saturated rings. The smallest absolute Gasteiger partial charge is 0.274 e. The predicted octanol–water partition coefficient (Wildman–Crippen LogP) is 3.65. The van der Waals surface area contributed by atoms with Crippen molar-refractivity contribution in [3.8, 4) is 0 Å². The van der Waals surface area contributed by atoms with E-state index in [4.69, 9.17) is 0 Å². The van der Waals surface area contributed by atoms with E-state index in [1.165, 1.54) is 12.1 Å². The average molecular weight is 350 g/mol. The first-order valence-electron chi connectivity index (χ1n) is 8.10. The summed E-state index contributed by atoms with van der Waals surface area (Å²) in [6.07, 6.45) is 4.15. The van der Waals surface area contributed by atoms with Gasteiger partial charge in [-0.2, -0.15) is 0 Å². The maximum atomic E-state index is 13.7. The molecule has 0 saturated carbocycles. The maximum Gasteiger partial charge on any atom is 0.274 e. The third-order valence-electron chi connectivity index (χ3n) is 4.07. The largest absolute Gasteiger partial charge is 0.337 e. The first kappa shape index (κ1) is 17.2. The summed E-state index contributed by atoms with van der Waals surface area (Å²) in [6, 6.07) is 4.79. The molecule has 5 nitrogen and oxygen atoms in total. The lowest BCUT2D eigenvalue weighted by Crippen LogP contribution is -2.32. The Hall–Kier alpha value is -2.64. The van der Waals surface area contributed by atoms with Crippen LogP contribution in [0.4, 0.5) is 24.7 Å². The second-order valence-electron chi connectivity index (χ2n) is 5.86. The number of nitrogens with zero attached hydrogens (tertiary/aromatic N) is 3. The minimum atomic E-state index is -1.56. The van der Waals surface area contributed by atoms with Crippen LogP contribution in [-0.2, 0) is 0 Å². The van der Waals surface area contributed by atoms with E-state index in [-0.39, 0.29) is 23.1 Å². The molecule has 0 radical (unpaired) electrons. The lowest BCUT2D eigenvalue weighted by molar-refractivity contribution is 0.0754. The van der Waals surface area contributed by atoms with Gasteiger partial charge in [0.1, 0.15) is 0 Å². The van der Waals surface area contributed by atoms with E-state index >= 15 is 0 Å². The highest BCUT2D eigenvalue weighted by Gasteiger charge is 2.19. The molecule has 1 aromatic heterocycles. The number of benzene rings is 1. The Morgan fingerprint density at radius 3 is 2.28 bits per heavy atom. The molecule has 132 valence electrons. The Balaban J connectivity index is 1.72. The molecule has 2 heterocycles. The highest BCUT2D eigenvalue weighted by atomic mass is 19.2. The van der Waals surface area contributed by atoms with E-state index in [1.807, 2.05) is 0 Å². The molecular formula is C17H17F3N4O. The van der Waals surface area contributed by atoms with Crippen LogP contribution in [0.15, 0.2) is 24.3 Å². The summed E-state index contributed by atoms with van der Waals surface area (Å²) in [5.41, 5.74) is -0.0713. The van der Waals surface area contributed by atoms with Crippen molar-refractivity contribution in [1.29, 1.82) is 0 Å². The first-order chi connectivity index (χ1) is 12.1. The van der Waals surface area contributed by atoms with Gasteiger partial charge < -0.3 is 10.2 Å². The fraction of sp³-hybridized carbons (Fsp3) is 0.353. The fourth-order valence-corrected chi connectivity index (χ4v) is 2.71. The van der Waals surface area contributed by atoms with Crippen molar-refractivity contribution in [3.63, 3.8) is 0 Å². The molecule has 25 heavy (non-hydrogen) atoms. The molecule has 8 heteroatoms. The summed E-state index contributed by atoms with van der Waals surface area (Å²) in [6.45, 7) is 1.39. The number of anilines is 2. The summed E-state index contributed by atoms with van der Waals surface area (Å²) in [4.78, 5) is 14.2. The molecule has 0 unspecified atom stereocenters. The zero-order valence-electron chi connectivity index (χ0n) is 13.4. The van der Waals surface area contributed by atoms with E-state index in [0.29, 0.717) is 13.1 Å². The van der Waals surface area contributed by atoms with Crippen molar-refractivity contribution < 1.29 is 18.0 Å². The lowest BCUT2D eigenvalue weighted by Gasteiger charge is -2.19. The molecule has 3 rings (SSSR count). The Labute approximate surface area is 142 Å². The third-order valence-corrected chi connectivity index (χ3v) is 4.07. The van der Waals surface area contributed by atoms with Gasteiger partial charge in [0.05, 0.1) is 5.69 Å². The molecule has 1 aliphatic heterocycles. The van der Waals surface area contributed by atoms with Crippen LogP contribution >= 0.6 is 0 Å². The van der Waals surface area contributed by atoms with Crippen molar-refractivity contribution in [2.24, 2.45) is 0 Å². The van der Waals surface area contributed by atoms with Gasteiger partial charge >= 0.3 is 0 Å². The predicted molar refractivity (Wildman–Crippen MR) is 86.0 cm³/mol. The molecule has 0 spiro atoms. The molecular weight excluding hydrogens is 333 g/mol. The van der Waals surface area contributed by atoms with E-state index in [2.05, 4.69) is 15.5 Å². The number of hydrogen-bond acceptors (Lipinski definition) is 4. The third kappa shape index (κ3) is 3.89. The molecule has 1 aliphatic rings. The summed E-state index contributed by atoms with van der Waals surface area (Å²) in [5, 5.41) is 10.2. The standard InChI is InChI=1S/C17H17F3N4O/c18-11-5-6-12(16(20)15(11)19)21-14-8-7-13(22-23-14)17(25)24-9-3-1-2-4-10-24/h5-8H,1-4,9-10H2,(H,21,23). The zero-order valence-corrected chi connectivity index (χ0v) is 13.4. The van der Waals surface area contributed by atoms with Crippen LogP contribution in [0.3, 0.4) is 0 Å². The number of nitrogens with one attached hydrogen (secondary N) is 1. The van der Waals surface area contributed by atoms with Crippen molar-refractivity contribution in [2.45, 2.75) is 25.7 Å². The molecule has 1 amide bonds. The second-order valence-corrected chi connectivity index (χ2v) is 5.86. The summed E-state index contributed by atoms with van der Waals surface area (Å²) in [7, 11) is 0. The topological polar surface area (TPSA) is 58.1 Å². The number of rotatable bonds is 3. The fourth-order valence-electron chi connectivity index (χ4n) is 2.71. The maximum absolute atomic E-state index is 13.7. The minimum absolute atomic E-state index is 0.123. The van der Waals surface area contributed by atoms with Crippen molar-refractivity contribution in [3.05, 3.63) is 47.4 Å². The van der Waals surface area contributed by atoms with Gasteiger partial charge in [-0.3, -0.25) is 4.79 Å². The van der Waals surface area contributed by atoms with E-state index in [1.54, 1.807) is 4.90 Å². The van der Waals surface area contributed by atoms with Crippen LogP contribution in [0.1, 0.15) is 36.2 Å². The monoisotopic (exact) mass is 350 g/mol. The Morgan fingerprint density at radius 1 is 0.920 bits per heavy atom. The zero-order chi connectivity index (χ0) is 17.8. The van der Waals surface area contributed by atoms with Gasteiger partial charge in [-0.25, -0.2) is 13.2 Å². The quantitative estimate of drug-likeness (QED) is 0.859. The van der Waals surface area contributed by atoms with Crippen LogP contribution < -0.4 is 5.32 Å². The molecule has 1 N–H and O–H groups in total. The Kier molecular flexibility index (Phi) is 5.16. The minimum Gasteiger partial charge on any atom is -0.337 e. The van der Waals surface area contributed by atoms with Gasteiger partial charge in [-0.15, -0.1) is 10.2 Å². The molecule has 1 aromatic carbocycles. The van der Waals surface area contributed by atoms with Gasteiger partial charge in [0.2, 0.25) is 0 Å². The average Bonchev–Trinajstić information content (AvgIpc) is 2.92. The van der Waals surface area contributed by atoms with Crippen LogP contribution in [0.2, 0.25) is 0 Å². The number of halogens is 3. The number of amides is 1. The van der Waals surface area contributed by atoms with Crippen LogP contribution in [0.5, 0.6) is 0 Å². The highest BCUT2D eigenvalue weighted by molar-refractivity contribution is 5.92. The first-order valence-corrected chi connectivity index (χ1v) is 8.10. The van der Waals surface area contributed by atoms with Crippen molar-refractivity contribution in [2.75, 3.05) is 18.4 Å². The van der Waals surface area contributed by atoms with Gasteiger partial charge in [0.25, 0.3) is 5.91 Å². The molecule has 2 aromatic rings. The number of carbonyl (C=O) groups excluding carboxylic acids is 1. The lowest BCUT2D eigenvalue weighted by atomic mass is 10.2.